The fourth-order valence-electron chi connectivity index (χ4n) is 5.15. The molecule has 8 nitrogen and oxygen atoms in total. The number of rotatable bonds is 5. The normalized spacial score (nSPS) is 22.9. The number of hydroxylamine groups is 2. The molecule has 2 heterocycles. The molecule has 0 bridgehead atoms. The predicted octanol–water partition coefficient (Wildman–Crippen LogP) is 3.54. The van der Waals surface area contributed by atoms with Gasteiger partial charge in [0.1, 0.15) is 0 Å². The molecular formula is C22H30N5O3-. The molecule has 0 aromatic carbocycles. The second kappa shape index (κ2) is 8.07. The summed E-state index contributed by atoms with van der Waals surface area (Å²) in [5, 5.41) is 28.3. The van der Waals surface area contributed by atoms with Crippen molar-refractivity contribution in [3.05, 3.63) is 40.7 Å². The molecule has 162 valence electrons. The third-order valence-electron chi connectivity index (χ3n) is 6.93. The number of hydrogen-bond acceptors (Lipinski definition) is 6. The zero-order chi connectivity index (χ0) is 21.5. The molecule has 2 aromatic rings. The van der Waals surface area contributed by atoms with Crippen molar-refractivity contribution in [2.45, 2.75) is 76.7 Å². The van der Waals surface area contributed by atoms with Crippen LogP contribution in [0.3, 0.4) is 0 Å². The summed E-state index contributed by atoms with van der Waals surface area (Å²) in [4.78, 5) is 22.0. The van der Waals surface area contributed by atoms with Crippen molar-refractivity contribution >= 4 is 5.91 Å². The van der Waals surface area contributed by atoms with E-state index in [1.165, 1.54) is 0 Å². The van der Waals surface area contributed by atoms with Gasteiger partial charge in [-0.25, -0.2) is 9.67 Å². The van der Waals surface area contributed by atoms with Crippen LogP contribution in [-0.2, 0) is 0 Å². The minimum atomic E-state index is -1.03. The fourth-order valence-corrected chi connectivity index (χ4v) is 5.15. The Hall–Kier alpha value is -2.32. The summed E-state index contributed by atoms with van der Waals surface area (Å²) in [6.07, 6.45) is 9.47. The molecule has 1 amide bonds. The molecule has 2 aliphatic carbocycles. The number of nitrogens with zero attached hydrogens (tertiary/aromatic N) is 5. The second-order valence-electron chi connectivity index (χ2n) is 9.14. The smallest absolute Gasteiger partial charge is 0.264 e. The molecule has 1 N–H and O–H groups in total. The summed E-state index contributed by atoms with van der Waals surface area (Å²) in [5.74, 6) is 0.573. The molecule has 1 unspecified atom stereocenters. The van der Waals surface area contributed by atoms with Gasteiger partial charge in [0.15, 0.2) is 11.5 Å². The van der Waals surface area contributed by atoms with Crippen LogP contribution in [0.25, 0.3) is 5.82 Å². The molecule has 2 aliphatic rings. The van der Waals surface area contributed by atoms with Gasteiger partial charge in [0.2, 0.25) is 0 Å². The van der Waals surface area contributed by atoms with E-state index in [9.17, 15) is 15.1 Å². The van der Waals surface area contributed by atoms with E-state index in [0.717, 1.165) is 36.9 Å². The van der Waals surface area contributed by atoms with Crippen LogP contribution in [0.15, 0.2) is 18.6 Å². The molecule has 0 spiro atoms. The van der Waals surface area contributed by atoms with E-state index in [1.807, 2.05) is 0 Å². The molecule has 2 atom stereocenters. The summed E-state index contributed by atoms with van der Waals surface area (Å²) >= 11 is 0. The number of aromatic nitrogens is 4. The first-order valence-corrected chi connectivity index (χ1v) is 10.9. The molecule has 1 fully saturated rings. The van der Waals surface area contributed by atoms with Gasteiger partial charge >= 0.3 is 0 Å². The van der Waals surface area contributed by atoms with Crippen LogP contribution in [0.5, 0.6) is 0 Å². The maximum atomic E-state index is 13.4. The third kappa shape index (κ3) is 3.32. The third-order valence-corrected chi connectivity index (χ3v) is 6.93. The summed E-state index contributed by atoms with van der Waals surface area (Å²) in [6.45, 7) is 6.10. The Morgan fingerprint density at radius 1 is 1.33 bits per heavy atom. The number of carbonyl (C=O) groups excluding carboxylic acids is 1. The Bertz CT molecular complexity index is 905. The second-order valence-corrected chi connectivity index (χ2v) is 9.14. The number of hydrogen-bond donors (Lipinski definition) is 1. The number of aliphatic hydroxyl groups is 1. The van der Waals surface area contributed by atoms with Crippen molar-refractivity contribution in [3.63, 3.8) is 0 Å². The topological polar surface area (TPSA) is 107 Å². The van der Waals surface area contributed by atoms with Crippen LogP contribution in [0.1, 0.15) is 92.9 Å². The zero-order valence-corrected chi connectivity index (χ0v) is 17.9. The summed E-state index contributed by atoms with van der Waals surface area (Å²) < 4.78 is 1.71. The highest BCUT2D eigenvalue weighted by molar-refractivity contribution is 5.95. The summed E-state index contributed by atoms with van der Waals surface area (Å²) in [5.41, 5.74) is 0.978. The van der Waals surface area contributed by atoms with Crippen molar-refractivity contribution in [2.75, 3.05) is 6.61 Å². The average molecular weight is 413 g/mol. The maximum Gasteiger partial charge on any atom is 0.264 e. The molecule has 0 radical (unpaired) electrons. The lowest BCUT2D eigenvalue weighted by Crippen LogP contribution is -2.49. The monoisotopic (exact) mass is 412 g/mol. The van der Waals surface area contributed by atoms with Gasteiger partial charge in [-0.1, -0.05) is 33.6 Å². The van der Waals surface area contributed by atoms with Crippen molar-refractivity contribution in [2.24, 2.45) is 5.92 Å². The lowest BCUT2D eigenvalue weighted by atomic mass is 9.75. The first kappa shape index (κ1) is 20.9. The van der Waals surface area contributed by atoms with E-state index in [-0.39, 0.29) is 24.1 Å². The van der Waals surface area contributed by atoms with Crippen molar-refractivity contribution in [1.29, 1.82) is 0 Å². The number of aliphatic hydroxyl groups excluding tert-OH is 1. The predicted molar refractivity (Wildman–Crippen MR) is 112 cm³/mol. The van der Waals surface area contributed by atoms with E-state index < -0.39 is 11.4 Å². The van der Waals surface area contributed by atoms with E-state index in [2.05, 4.69) is 35.8 Å². The van der Waals surface area contributed by atoms with Gasteiger partial charge in [0.05, 0.1) is 24.0 Å². The van der Waals surface area contributed by atoms with Crippen LogP contribution in [0.4, 0.5) is 0 Å². The lowest BCUT2D eigenvalue weighted by Gasteiger charge is -2.45. The van der Waals surface area contributed by atoms with E-state index >= 15 is 0 Å². The molecule has 30 heavy (non-hydrogen) atoms. The maximum absolute atomic E-state index is 13.4. The number of carbonyl (C=O) groups is 1. The quantitative estimate of drug-likeness (QED) is 0.753. The van der Waals surface area contributed by atoms with Crippen LogP contribution in [0, 0.1) is 11.1 Å². The Balaban J connectivity index is 1.86. The Morgan fingerprint density at radius 2 is 2.07 bits per heavy atom. The Labute approximate surface area is 176 Å². The van der Waals surface area contributed by atoms with Crippen molar-refractivity contribution in [1.82, 2.24) is 24.8 Å². The molecule has 1 saturated carbocycles. The molecule has 2 aromatic heterocycles. The van der Waals surface area contributed by atoms with Gasteiger partial charge < -0.3 is 15.4 Å². The van der Waals surface area contributed by atoms with Crippen LogP contribution < -0.4 is 0 Å². The first-order valence-electron chi connectivity index (χ1n) is 10.9. The standard InChI is InChI=1S/C22H30N5O3/c1-14(2)16-7-6-15(3)18-19(21(29)27(30)22(13-28)8-4-5-9-22)25-26(20(16)18)17-12-23-10-11-24-17/h10-12,14-16,28H,4-9,13H2,1-3H3/q-1/t15-,16?/m1/s1. The zero-order valence-electron chi connectivity index (χ0n) is 17.9. The van der Waals surface area contributed by atoms with Gasteiger partial charge in [-0.15, -0.1) is 0 Å². The summed E-state index contributed by atoms with van der Waals surface area (Å²) in [7, 11) is 0. The van der Waals surface area contributed by atoms with Crippen molar-refractivity contribution in [3.8, 4) is 5.82 Å². The van der Waals surface area contributed by atoms with Gasteiger partial charge in [-0.3, -0.25) is 9.78 Å². The highest BCUT2D eigenvalue weighted by Crippen LogP contribution is 2.45. The van der Waals surface area contributed by atoms with Crippen LogP contribution >= 0.6 is 0 Å². The minimum Gasteiger partial charge on any atom is -0.755 e. The van der Waals surface area contributed by atoms with E-state index in [1.54, 1.807) is 23.3 Å². The van der Waals surface area contributed by atoms with Gasteiger partial charge in [-0.2, -0.15) is 5.10 Å². The van der Waals surface area contributed by atoms with Gasteiger partial charge in [0.25, 0.3) is 5.91 Å². The molecule has 4 rings (SSSR count). The highest BCUT2D eigenvalue weighted by Gasteiger charge is 2.41. The lowest BCUT2D eigenvalue weighted by molar-refractivity contribution is 0.0444. The van der Waals surface area contributed by atoms with E-state index in [4.69, 9.17) is 0 Å². The SMILES string of the molecule is CC(C)C1CC[C@@H](C)c2c(C(=O)N([O-])C3(CO)CCCC3)nn(-c3cnccn3)c21. The molecule has 0 aliphatic heterocycles. The molecule has 8 heteroatoms. The average Bonchev–Trinajstić information content (AvgIpc) is 3.40. The van der Waals surface area contributed by atoms with Crippen LogP contribution in [-0.4, -0.2) is 48.0 Å². The number of amides is 1. The van der Waals surface area contributed by atoms with Gasteiger partial charge in [0, 0.05) is 23.9 Å². The van der Waals surface area contributed by atoms with Crippen molar-refractivity contribution < 1.29 is 9.90 Å². The Morgan fingerprint density at radius 3 is 2.67 bits per heavy atom. The van der Waals surface area contributed by atoms with Gasteiger partial charge in [-0.05, 0) is 37.5 Å². The molecule has 0 saturated heterocycles. The number of fused-ring (bicyclic) bond motifs is 1. The van der Waals surface area contributed by atoms with E-state index in [0.29, 0.717) is 29.6 Å². The van der Waals surface area contributed by atoms with Crippen LogP contribution in [0.2, 0.25) is 0 Å². The largest absolute Gasteiger partial charge is 0.755 e. The highest BCUT2D eigenvalue weighted by atomic mass is 16.5. The first-order chi connectivity index (χ1) is 14.4. The fraction of sp³-hybridized carbons (Fsp3) is 0.636. The Kier molecular flexibility index (Phi) is 5.63. The summed E-state index contributed by atoms with van der Waals surface area (Å²) in [6, 6.07) is 0. The minimum absolute atomic E-state index is 0.112. The molecular weight excluding hydrogens is 382 g/mol.